The summed E-state index contributed by atoms with van der Waals surface area (Å²) in [5.41, 5.74) is 0.455. The molecule has 14 heavy (non-hydrogen) atoms. The van der Waals surface area contributed by atoms with Gasteiger partial charge in [-0.3, -0.25) is 4.90 Å². The SMILES string of the molecule is CC1(C)C2CNCC2CN1CC1CC1. The molecule has 1 aliphatic carbocycles. The lowest BCUT2D eigenvalue weighted by atomic mass is 9.85. The van der Waals surface area contributed by atoms with E-state index < -0.39 is 0 Å². The highest BCUT2D eigenvalue weighted by molar-refractivity contribution is 5.05. The molecule has 0 aromatic heterocycles. The van der Waals surface area contributed by atoms with Crippen molar-refractivity contribution in [3.63, 3.8) is 0 Å². The van der Waals surface area contributed by atoms with Crippen molar-refractivity contribution >= 4 is 0 Å². The van der Waals surface area contributed by atoms with E-state index in [1.807, 2.05) is 0 Å². The molecule has 3 fully saturated rings. The molecule has 80 valence electrons. The molecule has 2 nitrogen and oxygen atoms in total. The summed E-state index contributed by atoms with van der Waals surface area (Å²) in [5.74, 6) is 2.88. The molecule has 2 atom stereocenters. The Labute approximate surface area is 87.0 Å². The number of likely N-dealkylation sites (tertiary alicyclic amines) is 1. The van der Waals surface area contributed by atoms with E-state index in [1.54, 1.807) is 0 Å². The third-order valence-corrected chi connectivity index (χ3v) is 4.69. The van der Waals surface area contributed by atoms with Gasteiger partial charge in [0.2, 0.25) is 0 Å². The van der Waals surface area contributed by atoms with E-state index in [0.717, 1.165) is 17.8 Å². The van der Waals surface area contributed by atoms with E-state index >= 15 is 0 Å². The lowest BCUT2D eigenvalue weighted by Crippen LogP contribution is -2.45. The minimum atomic E-state index is 0.455. The van der Waals surface area contributed by atoms with Crippen LogP contribution in [0.25, 0.3) is 0 Å². The van der Waals surface area contributed by atoms with Gasteiger partial charge in [-0.1, -0.05) is 0 Å². The lowest BCUT2D eigenvalue weighted by molar-refractivity contribution is 0.134. The minimum absolute atomic E-state index is 0.455. The highest BCUT2D eigenvalue weighted by Gasteiger charge is 2.50. The van der Waals surface area contributed by atoms with Gasteiger partial charge in [0.05, 0.1) is 0 Å². The van der Waals surface area contributed by atoms with Crippen molar-refractivity contribution in [3.8, 4) is 0 Å². The molecule has 2 heteroatoms. The summed E-state index contributed by atoms with van der Waals surface area (Å²) >= 11 is 0. The molecule has 0 aromatic rings. The van der Waals surface area contributed by atoms with Gasteiger partial charge in [-0.05, 0) is 51.0 Å². The van der Waals surface area contributed by atoms with Crippen LogP contribution in [0.5, 0.6) is 0 Å². The summed E-state index contributed by atoms with van der Waals surface area (Å²) in [4.78, 5) is 2.76. The van der Waals surface area contributed by atoms with Crippen LogP contribution in [0.4, 0.5) is 0 Å². The predicted octanol–water partition coefficient (Wildman–Crippen LogP) is 1.33. The fourth-order valence-corrected chi connectivity index (χ4v) is 3.43. The normalized spacial score (nSPS) is 41.6. The van der Waals surface area contributed by atoms with Crippen molar-refractivity contribution < 1.29 is 0 Å². The molecule has 0 aromatic carbocycles. The number of hydrogen-bond donors (Lipinski definition) is 1. The summed E-state index contributed by atoms with van der Waals surface area (Å²) in [6, 6.07) is 0. The zero-order valence-electron chi connectivity index (χ0n) is 9.42. The van der Waals surface area contributed by atoms with Gasteiger partial charge in [0.1, 0.15) is 0 Å². The molecule has 3 rings (SSSR count). The zero-order valence-corrected chi connectivity index (χ0v) is 9.42. The third-order valence-electron chi connectivity index (χ3n) is 4.69. The maximum Gasteiger partial charge on any atom is 0.0197 e. The zero-order chi connectivity index (χ0) is 9.76. The molecule has 0 radical (unpaired) electrons. The van der Waals surface area contributed by atoms with Gasteiger partial charge in [0.25, 0.3) is 0 Å². The smallest absolute Gasteiger partial charge is 0.0197 e. The topological polar surface area (TPSA) is 15.3 Å². The van der Waals surface area contributed by atoms with Crippen LogP contribution in [-0.4, -0.2) is 36.6 Å². The van der Waals surface area contributed by atoms with E-state index in [2.05, 4.69) is 24.1 Å². The van der Waals surface area contributed by atoms with Crippen LogP contribution in [-0.2, 0) is 0 Å². The Balaban J connectivity index is 1.73. The average molecular weight is 194 g/mol. The molecule has 2 aliphatic heterocycles. The first-order chi connectivity index (χ1) is 6.68. The van der Waals surface area contributed by atoms with Crippen molar-refractivity contribution in [1.29, 1.82) is 0 Å². The van der Waals surface area contributed by atoms with Crippen LogP contribution in [0.1, 0.15) is 26.7 Å². The summed E-state index contributed by atoms with van der Waals surface area (Å²) < 4.78 is 0. The average Bonchev–Trinajstić information content (AvgIpc) is 2.74. The van der Waals surface area contributed by atoms with Gasteiger partial charge in [-0.25, -0.2) is 0 Å². The van der Waals surface area contributed by atoms with E-state index in [9.17, 15) is 0 Å². The molecule has 0 amide bonds. The van der Waals surface area contributed by atoms with Gasteiger partial charge >= 0.3 is 0 Å². The number of nitrogens with one attached hydrogen (secondary N) is 1. The molecule has 1 saturated carbocycles. The standard InChI is InChI=1S/C12H22N2/c1-12(2)11-6-13-5-10(11)8-14(12)7-9-3-4-9/h9-11,13H,3-8H2,1-2H3. The van der Waals surface area contributed by atoms with Crippen LogP contribution in [0, 0.1) is 17.8 Å². The molecule has 2 unspecified atom stereocenters. The second-order valence-corrected chi connectivity index (χ2v) is 6.03. The van der Waals surface area contributed by atoms with Gasteiger partial charge in [-0.15, -0.1) is 0 Å². The number of rotatable bonds is 2. The molecular formula is C12H22N2. The second kappa shape index (κ2) is 2.96. The lowest BCUT2D eigenvalue weighted by Gasteiger charge is -2.35. The number of fused-ring (bicyclic) bond motifs is 1. The summed E-state index contributed by atoms with van der Waals surface area (Å²) in [7, 11) is 0. The van der Waals surface area contributed by atoms with Crippen molar-refractivity contribution in [2.75, 3.05) is 26.2 Å². The molecular weight excluding hydrogens is 172 g/mol. The fraction of sp³-hybridized carbons (Fsp3) is 1.00. The maximum absolute atomic E-state index is 3.54. The van der Waals surface area contributed by atoms with Crippen LogP contribution in [0.2, 0.25) is 0 Å². The summed E-state index contributed by atoms with van der Waals surface area (Å²) in [5, 5.41) is 3.54. The Morgan fingerprint density at radius 3 is 2.71 bits per heavy atom. The Kier molecular flexibility index (Phi) is 1.94. The van der Waals surface area contributed by atoms with Crippen LogP contribution < -0.4 is 5.32 Å². The van der Waals surface area contributed by atoms with Gasteiger partial charge in [0, 0.05) is 25.2 Å². The molecule has 1 N–H and O–H groups in total. The van der Waals surface area contributed by atoms with Crippen LogP contribution in [0.15, 0.2) is 0 Å². The number of nitrogens with zero attached hydrogens (tertiary/aromatic N) is 1. The Morgan fingerprint density at radius 1 is 1.29 bits per heavy atom. The Morgan fingerprint density at radius 2 is 2.07 bits per heavy atom. The Hall–Kier alpha value is -0.0800. The van der Waals surface area contributed by atoms with Gasteiger partial charge < -0.3 is 5.32 Å². The van der Waals surface area contributed by atoms with Gasteiger partial charge in [0.15, 0.2) is 0 Å². The van der Waals surface area contributed by atoms with Gasteiger partial charge in [-0.2, -0.15) is 0 Å². The first kappa shape index (κ1) is 9.17. The predicted molar refractivity (Wildman–Crippen MR) is 58.2 cm³/mol. The third kappa shape index (κ3) is 1.31. The van der Waals surface area contributed by atoms with Crippen molar-refractivity contribution in [2.45, 2.75) is 32.2 Å². The minimum Gasteiger partial charge on any atom is -0.316 e. The first-order valence-electron chi connectivity index (χ1n) is 6.13. The Bertz CT molecular complexity index is 232. The first-order valence-corrected chi connectivity index (χ1v) is 6.13. The molecule has 0 spiro atoms. The van der Waals surface area contributed by atoms with E-state index in [0.29, 0.717) is 5.54 Å². The molecule has 2 saturated heterocycles. The summed E-state index contributed by atoms with van der Waals surface area (Å²) in [6.07, 6.45) is 2.97. The van der Waals surface area contributed by atoms with Crippen molar-refractivity contribution in [1.82, 2.24) is 10.2 Å². The largest absolute Gasteiger partial charge is 0.316 e. The highest BCUT2D eigenvalue weighted by Crippen LogP contribution is 2.43. The van der Waals surface area contributed by atoms with E-state index in [-0.39, 0.29) is 0 Å². The summed E-state index contributed by atoms with van der Waals surface area (Å²) in [6.45, 7) is 10.1. The van der Waals surface area contributed by atoms with E-state index in [4.69, 9.17) is 0 Å². The fourth-order valence-electron chi connectivity index (χ4n) is 3.43. The monoisotopic (exact) mass is 194 g/mol. The molecule has 2 heterocycles. The molecule has 0 bridgehead atoms. The highest BCUT2D eigenvalue weighted by atomic mass is 15.3. The second-order valence-electron chi connectivity index (χ2n) is 6.03. The van der Waals surface area contributed by atoms with Crippen molar-refractivity contribution in [3.05, 3.63) is 0 Å². The van der Waals surface area contributed by atoms with Crippen LogP contribution in [0.3, 0.4) is 0 Å². The number of hydrogen-bond acceptors (Lipinski definition) is 2. The quantitative estimate of drug-likeness (QED) is 0.713. The van der Waals surface area contributed by atoms with Crippen LogP contribution >= 0.6 is 0 Å². The van der Waals surface area contributed by atoms with E-state index in [1.165, 1.54) is 39.0 Å². The van der Waals surface area contributed by atoms with Crippen molar-refractivity contribution in [2.24, 2.45) is 17.8 Å². The molecule has 3 aliphatic rings. The maximum atomic E-state index is 3.54.